The van der Waals surface area contributed by atoms with Crippen LogP contribution in [0.3, 0.4) is 0 Å². The normalized spacial score (nSPS) is 18.4. The van der Waals surface area contributed by atoms with E-state index >= 15 is 0 Å². The van der Waals surface area contributed by atoms with Crippen molar-refractivity contribution in [3.8, 4) is 0 Å². The minimum absolute atomic E-state index is 0.483. The Bertz CT molecular complexity index is 617. The number of anilines is 1. The third kappa shape index (κ3) is 2.95. The zero-order chi connectivity index (χ0) is 14.8. The summed E-state index contributed by atoms with van der Waals surface area (Å²) in [5.41, 5.74) is 5.11. The van der Waals surface area contributed by atoms with Gasteiger partial charge in [0.25, 0.3) is 0 Å². The van der Waals surface area contributed by atoms with Crippen molar-refractivity contribution in [1.82, 2.24) is 15.1 Å². The van der Waals surface area contributed by atoms with E-state index in [-0.39, 0.29) is 0 Å². The van der Waals surface area contributed by atoms with E-state index in [1.807, 2.05) is 0 Å². The number of para-hydroxylation sites is 1. The van der Waals surface area contributed by atoms with Crippen molar-refractivity contribution >= 4 is 5.69 Å². The van der Waals surface area contributed by atoms with Crippen LogP contribution in [-0.2, 0) is 19.6 Å². The predicted molar refractivity (Wildman–Crippen MR) is 86.4 cm³/mol. The molecule has 112 valence electrons. The SMILES string of the molecule is CCn1nc(C)cc1CN1CC(C)NCc2ccccc21. The van der Waals surface area contributed by atoms with Crippen molar-refractivity contribution in [2.45, 2.75) is 46.4 Å². The van der Waals surface area contributed by atoms with Gasteiger partial charge >= 0.3 is 0 Å². The molecule has 1 aromatic heterocycles. The van der Waals surface area contributed by atoms with Gasteiger partial charge in [-0.05, 0) is 38.5 Å². The minimum atomic E-state index is 0.483. The lowest BCUT2D eigenvalue weighted by Crippen LogP contribution is -2.36. The predicted octanol–water partition coefficient (Wildman–Crippen LogP) is 2.71. The molecule has 2 aromatic rings. The van der Waals surface area contributed by atoms with Gasteiger partial charge in [0.05, 0.1) is 17.9 Å². The summed E-state index contributed by atoms with van der Waals surface area (Å²) in [6, 6.07) is 11.4. The second-order valence-corrected chi connectivity index (χ2v) is 5.88. The Labute approximate surface area is 126 Å². The first-order chi connectivity index (χ1) is 10.2. The molecule has 1 atom stereocenters. The van der Waals surface area contributed by atoms with Gasteiger partial charge in [0.15, 0.2) is 0 Å². The van der Waals surface area contributed by atoms with Crippen molar-refractivity contribution in [1.29, 1.82) is 0 Å². The number of nitrogens with zero attached hydrogens (tertiary/aromatic N) is 3. The number of aromatic nitrogens is 2. The molecule has 0 bridgehead atoms. The van der Waals surface area contributed by atoms with Crippen LogP contribution in [0.4, 0.5) is 5.69 Å². The fourth-order valence-corrected chi connectivity index (χ4v) is 3.09. The molecule has 1 aliphatic heterocycles. The molecule has 0 saturated heterocycles. The third-order valence-corrected chi connectivity index (χ3v) is 4.11. The first-order valence-electron chi connectivity index (χ1n) is 7.77. The van der Waals surface area contributed by atoms with Crippen LogP contribution in [-0.4, -0.2) is 22.4 Å². The molecule has 0 radical (unpaired) electrons. The maximum Gasteiger partial charge on any atom is 0.0599 e. The van der Waals surface area contributed by atoms with Gasteiger partial charge in [-0.25, -0.2) is 0 Å². The van der Waals surface area contributed by atoms with Crippen molar-refractivity contribution in [2.75, 3.05) is 11.4 Å². The maximum atomic E-state index is 4.57. The first-order valence-corrected chi connectivity index (χ1v) is 7.77. The van der Waals surface area contributed by atoms with Gasteiger partial charge in [0, 0.05) is 31.4 Å². The molecule has 0 fully saturated rings. The van der Waals surface area contributed by atoms with E-state index in [1.54, 1.807) is 0 Å². The summed E-state index contributed by atoms with van der Waals surface area (Å²) < 4.78 is 2.11. The van der Waals surface area contributed by atoms with Crippen LogP contribution < -0.4 is 10.2 Å². The molecule has 4 heteroatoms. The van der Waals surface area contributed by atoms with Crippen molar-refractivity contribution in [3.05, 3.63) is 47.3 Å². The molecule has 1 aliphatic rings. The zero-order valence-electron chi connectivity index (χ0n) is 13.1. The highest BCUT2D eigenvalue weighted by Gasteiger charge is 2.20. The highest BCUT2D eigenvalue weighted by Crippen LogP contribution is 2.25. The lowest BCUT2D eigenvalue weighted by molar-refractivity contribution is 0.542. The number of nitrogens with one attached hydrogen (secondary N) is 1. The van der Waals surface area contributed by atoms with Gasteiger partial charge in [-0.3, -0.25) is 4.68 Å². The Morgan fingerprint density at radius 1 is 1.33 bits per heavy atom. The topological polar surface area (TPSA) is 33.1 Å². The number of hydrogen-bond donors (Lipinski definition) is 1. The van der Waals surface area contributed by atoms with Crippen molar-refractivity contribution in [3.63, 3.8) is 0 Å². The van der Waals surface area contributed by atoms with Crippen molar-refractivity contribution in [2.24, 2.45) is 0 Å². The molecule has 0 aliphatic carbocycles. The van der Waals surface area contributed by atoms with Crippen LogP contribution in [0.5, 0.6) is 0 Å². The van der Waals surface area contributed by atoms with E-state index < -0.39 is 0 Å². The molecule has 1 N–H and O–H groups in total. The molecule has 3 rings (SSSR count). The Kier molecular flexibility index (Phi) is 3.97. The molecule has 4 nitrogen and oxygen atoms in total. The summed E-state index contributed by atoms with van der Waals surface area (Å²) in [4.78, 5) is 2.47. The molecule has 0 spiro atoms. The maximum absolute atomic E-state index is 4.57. The zero-order valence-corrected chi connectivity index (χ0v) is 13.1. The van der Waals surface area contributed by atoms with Crippen LogP contribution in [0, 0.1) is 6.92 Å². The van der Waals surface area contributed by atoms with E-state index in [2.05, 4.69) is 71.1 Å². The van der Waals surface area contributed by atoms with Crippen LogP contribution in [0.15, 0.2) is 30.3 Å². The van der Waals surface area contributed by atoms with E-state index in [0.29, 0.717) is 6.04 Å². The molecule has 0 amide bonds. The van der Waals surface area contributed by atoms with Gasteiger partial charge in [0.1, 0.15) is 0 Å². The van der Waals surface area contributed by atoms with Crippen molar-refractivity contribution < 1.29 is 0 Å². The van der Waals surface area contributed by atoms with Crippen LogP contribution >= 0.6 is 0 Å². The second kappa shape index (κ2) is 5.90. The molecular weight excluding hydrogens is 260 g/mol. The standard InChI is InChI=1S/C17H24N4/c1-4-21-16(9-13(2)19-21)12-20-11-14(3)18-10-15-7-5-6-8-17(15)20/h5-9,14,18H,4,10-12H2,1-3H3. The number of fused-ring (bicyclic) bond motifs is 1. The quantitative estimate of drug-likeness (QED) is 0.941. The lowest BCUT2D eigenvalue weighted by atomic mass is 10.1. The number of aryl methyl sites for hydroxylation is 2. The van der Waals surface area contributed by atoms with Gasteiger partial charge < -0.3 is 10.2 Å². The summed E-state index contributed by atoms with van der Waals surface area (Å²) in [6.45, 7) is 10.3. The highest BCUT2D eigenvalue weighted by atomic mass is 15.3. The highest BCUT2D eigenvalue weighted by molar-refractivity contribution is 5.54. The van der Waals surface area contributed by atoms with Crippen LogP contribution in [0.1, 0.15) is 30.8 Å². The number of benzene rings is 1. The summed E-state index contributed by atoms with van der Waals surface area (Å²) in [6.07, 6.45) is 0. The summed E-state index contributed by atoms with van der Waals surface area (Å²) in [5.74, 6) is 0. The molecule has 21 heavy (non-hydrogen) atoms. The molecule has 0 saturated carbocycles. The van der Waals surface area contributed by atoms with Gasteiger partial charge in [-0.15, -0.1) is 0 Å². The average molecular weight is 284 g/mol. The number of rotatable bonds is 3. The van der Waals surface area contributed by atoms with Gasteiger partial charge in [-0.2, -0.15) is 5.10 Å². The first kappa shape index (κ1) is 14.1. The second-order valence-electron chi connectivity index (χ2n) is 5.88. The molecular formula is C17H24N4. The fraction of sp³-hybridized carbons (Fsp3) is 0.471. The summed E-state index contributed by atoms with van der Waals surface area (Å²) in [5, 5.41) is 8.15. The van der Waals surface area contributed by atoms with Crippen LogP contribution in [0.25, 0.3) is 0 Å². The molecule has 2 heterocycles. The monoisotopic (exact) mass is 284 g/mol. The van der Waals surface area contributed by atoms with Gasteiger partial charge in [0.2, 0.25) is 0 Å². The Hall–Kier alpha value is -1.81. The lowest BCUT2D eigenvalue weighted by Gasteiger charge is -2.26. The average Bonchev–Trinajstić information content (AvgIpc) is 2.76. The van der Waals surface area contributed by atoms with Crippen LogP contribution in [0.2, 0.25) is 0 Å². The Morgan fingerprint density at radius 2 is 2.14 bits per heavy atom. The number of hydrogen-bond acceptors (Lipinski definition) is 3. The Balaban J connectivity index is 1.92. The molecule has 1 unspecified atom stereocenters. The minimum Gasteiger partial charge on any atom is -0.364 e. The van der Waals surface area contributed by atoms with E-state index in [9.17, 15) is 0 Å². The summed E-state index contributed by atoms with van der Waals surface area (Å²) in [7, 11) is 0. The van der Waals surface area contributed by atoms with E-state index in [1.165, 1.54) is 16.9 Å². The smallest absolute Gasteiger partial charge is 0.0599 e. The largest absolute Gasteiger partial charge is 0.364 e. The van der Waals surface area contributed by atoms with Gasteiger partial charge in [-0.1, -0.05) is 18.2 Å². The van der Waals surface area contributed by atoms with E-state index in [0.717, 1.165) is 31.9 Å². The van der Waals surface area contributed by atoms with E-state index in [4.69, 9.17) is 0 Å². The fourth-order valence-electron chi connectivity index (χ4n) is 3.09. The summed E-state index contributed by atoms with van der Waals surface area (Å²) >= 11 is 0. The Morgan fingerprint density at radius 3 is 2.95 bits per heavy atom. The molecule has 1 aromatic carbocycles. The third-order valence-electron chi connectivity index (χ3n) is 4.11.